The Morgan fingerprint density at radius 1 is 1.34 bits per heavy atom. The molecule has 0 saturated heterocycles. The topological polar surface area (TPSA) is 193 Å². The molecule has 0 bridgehead atoms. The molecule has 0 aliphatic carbocycles. The van der Waals surface area contributed by atoms with Crippen LogP contribution in [0.1, 0.15) is 59.9 Å². The van der Waals surface area contributed by atoms with Gasteiger partial charge in [-0.1, -0.05) is 19.3 Å². The maximum absolute atomic E-state index is 12.9. The number of guanidine groups is 1. The zero-order valence-corrected chi connectivity index (χ0v) is 19.5. The maximum atomic E-state index is 12.9. The highest BCUT2D eigenvalue weighted by atomic mass is 32.1. The highest BCUT2D eigenvalue weighted by Crippen LogP contribution is 2.23. The number of aromatic nitrogens is 1. The Morgan fingerprint density at radius 3 is 2.50 bits per heavy atom. The van der Waals surface area contributed by atoms with Crippen molar-refractivity contribution in [1.82, 2.24) is 15.7 Å². The number of hydrogen-bond donors (Lipinski definition) is 5. The van der Waals surface area contributed by atoms with Crippen LogP contribution >= 0.6 is 11.3 Å². The number of ketones is 1. The summed E-state index contributed by atoms with van der Waals surface area (Å²) in [6, 6.07) is 0. The lowest BCUT2D eigenvalue weighted by Crippen LogP contribution is -2.49. The molecule has 0 aliphatic heterocycles. The lowest BCUT2D eigenvalue weighted by Gasteiger charge is -2.23. The molecule has 178 valence electrons. The molecule has 0 aliphatic rings. The normalized spacial score (nSPS) is 13.5. The van der Waals surface area contributed by atoms with Crippen molar-refractivity contribution < 1.29 is 24.7 Å². The molecule has 0 unspecified atom stereocenters. The molecule has 12 nitrogen and oxygen atoms in total. The second-order valence-electron chi connectivity index (χ2n) is 7.91. The van der Waals surface area contributed by atoms with Crippen LogP contribution in [0.5, 0.6) is 0 Å². The summed E-state index contributed by atoms with van der Waals surface area (Å²) in [4.78, 5) is 44.6. The second-order valence-corrected chi connectivity index (χ2v) is 9.11. The third-order valence-electron chi connectivity index (χ3n) is 4.57. The molecule has 0 fully saturated rings. The molecule has 0 saturated carbocycles. The molecule has 14 heteroatoms. The van der Waals surface area contributed by atoms with Crippen molar-refractivity contribution in [3.8, 4) is 0 Å². The van der Waals surface area contributed by atoms with E-state index in [-0.39, 0.29) is 37.0 Å². The summed E-state index contributed by atoms with van der Waals surface area (Å²) < 4.78 is 0. The van der Waals surface area contributed by atoms with Gasteiger partial charge in [0.05, 0.1) is 21.5 Å². The third kappa shape index (κ3) is 9.70. The molecule has 2 atom stereocenters. The van der Waals surface area contributed by atoms with Crippen molar-refractivity contribution in [3.05, 3.63) is 25.7 Å². The molecule has 0 aromatic carbocycles. The first-order valence-corrected chi connectivity index (χ1v) is 11.1. The average Bonchev–Trinajstić information content (AvgIpc) is 3.00. The Hall–Kier alpha value is -2.58. The molecule has 6 N–H and O–H groups in total. The first kappa shape index (κ1) is 27.5. The second kappa shape index (κ2) is 13.1. The molecule has 32 heavy (non-hydrogen) atoms. The number of nitrogens with two attached hydrogens (primary N) is 1. The minimum atomic E-state index is -1.73. The van der Waals surface area contributed by atoms with Crippen LogP contribution < -0.4 is 16.5 Å². The molecule has 0 spiro atoms. The first-order valence-electron chi connectivity index (χ1n) is 10.2. The van der Waals surface area contributed by atoms with Crippen LogP contribution in [0.3, 0.4) is 0 Å². The standard InChI is InChI=1S/C18H31BN6O6S/c1-10(2)8-15(19(28)29)23-17(27)13(6-5-7-21-18(20)24-25(30)31)9-14(26)16-11(3)22-12(4)32-16/h10,13,15,28-29H,5-9H2,1-4H3,(H,23,27)(H3,20,21,24)/t13-,15+/m1/s1. The Bertz CT molecular complexity index is 831. The van der Waals surface area contributed by atoms with E-state index in [1.165, 1.54) is 11.3 Å². The van der Waals surface area contributed by atoms with Gasteiger partial charge < -0.3 is 21.1 Å². The van der Waals surface area contributed by atoms with Crippen molar-refractivity contribution in [2.75, 3.05) is 6.54 Å². The molecule has 1 aromatic heterocycles. The fourth-order valence-electron chi connectivity index (χ4n) is 3.16. The van der Waals surface area contributed by atoms with Gasteiger partial charge in [0.25, 0.3) is 5.96 Å². The number of carbonyl (C=O) groups is 2. The Balaban J connectivity index is 2.90. The van der Waals surface area contributed by atoms with E-state index >= 15 is 0 Å². The number of nitrogens with zero attached hydrogens (tertiary/aromatic N) is 3. The molecule has 1 amide bonds. The zero-order valence-electron chi connectivity index (χ0n) is 18.7. The van der Waals surface area contributed by atoms with Crippen LogP contribution in [0.25, 0.3) is 0 Å². The highest BCUT2D eigenvalue weighted by molar-refractivity contribution is 7.13. The third-order valence-corrected chi connectivity index (χ3v) is 5.68. The molecule has 1 rings (SSSR count). The van der Waals surface area contributed by atoms with Gasteiger partial charge >= 0.3 is 7.12 Å². The van der Waals surface area contributed by atoms with Gasteiger partial charge in [0.15, 0.2) is 10.8 Å². The Labute approximate surface area is 191 Å². The summed E-state index contributed by atoms with van der Waals surface area (Å²) in [6.07, 6.45) is 0.851. The van der Waals surface area contributed by atoms with Gasteiger partial charge in [-0.05, 0) is 39.0 Å². The smallest absolute Gasteiger partial charge is 0.426 e. The number of carbonyl (C=O) groups excluding carboxylic acids is 2. The van der Waals surface area contributed by atoms with Gasteiger partial charge in [0.2, 0.25) is 5.91 Å². The zero-order chi connectivity index (χ0) is 24.4. The van der Waals surface area contributed by atoms with Crippen LogP contribution in [0.2, 0.25) is 0 Å². The summed E-state index contributed by atoms with van der Waals surface area (Å²) in [7, 11) is -1.73. The Morgan fingerprint density at radius 2 is 2.00 bits per heavy atom. The summed E-state index contributed by atoms with van der Waals surface area (Å²) >= 11 is 1.26. The number of Topliss-reactive ketones (excluding diaryl/α,β-unsaturated/α-hetero) is 1. The highest BCUT2D eigenvalue weighted by Gasteiger charge is 2.30. The fraction of sp³-hybridized carbons (Fsp3) is 0.667. The molecule has 1 heterocycles. The van der Waals surface area contributed by atoms with Crippen molar-refractivity contribution in [3.63, 3.8) is 0 Å². The quantitative estimate of drug-likeness (QED) is 0.0515. The van der Waals surface area contributed by atoms with Gasteiger partial charge in [-0.3, -0.25) is 9.59 Å². The number of aryl methyl sites for hydroxylation is 2. The predicted octanol–water partition coefficient (Wildman–Crippen LogP) is 0.368. The van der Waals surface area contributed by atoms with Crippen molar-refractivity contribution in [2.24, 2.45) is 22.6 Å². The van der Waals surface area contributed by atoms with Crippen LogP contribution in [-0.4, -0.2) is 57.3 Å². The van der Waals surface area contributed by atoms with E-state index in [4.69, 9.17) is 5.73 Å². The number of thiazole rings is 1. The monoisotopic (exact) mass is 470 g/mol. The van der Waals surface area contributed by atoms with E-state index < -0.39 is 29.9 Å². The number of rotatable bonds is 13. The number of nitrogens with one attached hydrogen (secondary N) is 2. The average molecular weight is 470 g/mol. The van der Waals surface area contributed by atoms with E-state index in [2.05, 4.69) is 15.3 Å². The largest absolute Gasteiger partial charge is 0.475 e. The summed E-state index contributed by atoms with van der Waals surface area (Å²) in [5.41, 5.74) is 7.70. The van der Waals surface area contributed by atoms with Crippen LogP contribution in [0.15, 0.2) is 4.99 Å². The number of aliphatic imine (C=N–C) groups is 1. The molecular formula is C18H31BN6O6S. The van der Waals surface area contributed by atoms with E-state index in [0.717, 1.165) is 5.01 Å². The van der Waals surface area contributed by atoms with Gasteiger partial charge in [0, 0.05) is 18.9 Å². The molecule has 0 radical (unpaired) electrons. The maximum Gasteiger partial charge on any atom is 0.475 e. The van der Waals surface area contributed by atoms with Gasteiger partial charge in [-0.25, -0.2) is 20.1 Å². The van der Waals surface area contributed by atoms with E-state index in [1.807, 2.05) is 13.8 Å². The summed E-state index contributed by atoms with van der Waals surface area (Å²) in [6.45, 7) is 7.41. The van der Waals surface area contributed by atoms with Crippen LogP contribution in [0.4, 0.5) is 0 Å². The van der Waals surface area contributed by atoms with Gasteiger partial charge in [-0.2, -0.15) is 0 Å². The van der Waals surface area contributed by atoms with E-state index in [0.29, 0.717) is 23.4 Å². The molecular weight excluding hydrogens is 439 g/mol. The lowest BCUT2D eigenvalue weighted by atomic mass is 9.74. The van der Waals surface area contributed by atoms with Gasteiger partial charge in [-0.15, -0.1) is 11.3 Å². The predicted molar refractivity (Wildman–Crippen MR) is 121 cm³/mol. The number of hydrazine groups is 1. The van der Waals surface area contributed by atoms with Crippen molar-refractivity contribution in [1.29, 1.82) is 0 Å². The number of nitro groups is 1. The fourth-order valence-corrected chi connectivity index (χ4v) is 4.03. The van der Waals surface area contributed by atoms with E-state index in [9.17, 15) is 29.8 Å². The van der Waals surface area contributed by atoms with Crippen LogP contribution in [0, 0.1) is 35.8 Å². The van der Waals surface area contributed by atoms with Gasteiger partial charge in [0.1, 0.15) is 0 Å². The van der Waals surface area contributed by atoms with E-state index in [1.54, 1.807) is 19.3 Å². The molecule has 1 aromatic rings. The minimum Gasteiger partial charge on any atom is -0.426 e. The van der Waals surface area contributed by atoms with Crippen LogP contribution in [-0.2, 0) is 4.79 Å². The van der Waals surface area contributed by atoms with Crippen molar-refractivity contribution >= 4 is 36.1 Å². The summed E-state index contributed by atoms with van der Waals surface area (Å²) in [5, 5.41) is 32.1. The Kier molecular flexibility index (Phi) is 11.2. The van der Waals surface area contributed by atoms with Crippen molar-refractivity contribution in [2.45, 2.75) is 59.3 Å². The first-order chi connectivity index (χ1) is 14.9. The SMILES string of the molecule is Cc1nc(C)c(C(=O)C[C@@H](CCCN=C(N)N[N+](=O)[O-])C(=O)N[C@@H](CC(C)C)B(O)O)s1. The minimum absolute atomic E-state index is 0.0867. The number of hydrogen-bond acceptors (Lipinski definition) is 9. The lowest BCUT2D eigenvalue weighted by molar-refractivity contribution is -0.525. The summed E-state index contributed by atoms with van der Waals surface area (Å²) in [5.74, 6) is -2.57. The number of amides is 1.